The van der Waals surface area contributed by atoms with Crippen molar-refractivity contribution in [3.63, 3.8) is 0 Å². The fourth-order valence-corrected chi connectivity index (χ4v) is 4.29. The minimum Gasteiger partial charge on any atom is -0.369 e. The van der Waals surface area contributed by atoms with E-state index in [1.807, 2.05) is 39.3 Å². The Balaban J connectivity index is 1.89. The molecule has 12 nitrogen and oxygen atoms in total. The molecule has 4 heterocycles. The van der Waals surface area contributed by atoms with Gasteiger partial charge < -0.3 is 11.5 Å². The summed E-state index contributed by atoms with van der Waals surface area (Å²) in [5, 5.41) is 4.11. The molecule has 32 heavy (non-hydrogen) atoms. The zero-order chi connectivity index (χ0) is 23.7. The summed E-state index contributed by atoms with van der Waals surface area (Å²) in [6, 6.07) is 0. The van der Waals surface area contributed by atoms with Gasteiger partial charge in [-0.15, -0.1) is 9.36 Å². The van der Waals surface area contributed by atoms with Gasteiger partial charge in [-0.2, -0.15) is 5.10 Å². The second-order valence-corrected chi connectivity index (χ2v) is 9.69. The monoisotopic (exact) mass is 441 g/mol. The molecular formula is C20H29N10O2+. The molecule has 170 valence electrons. The maximum absolute atomic E-state index is 13.3. The normalized spacial score (nSPS) is 12.8. The Kier molecular flexibility index (Phi) is 4.47. The lowest BCUT2D eigenvalue weighted by Gasteiger charge is -2.25. The van der Waals surface area contributed by atoms with E-state index in [1.165, 1.54) is 20.0 Å². The topological polar surface area (TPSA) is 148 Å². The molecule has 0 unspecified atom stereocenters. The number of anilines is 2. The molecule has 0 aliphatic heterocycles. The zero-order valence-electron chi connectivity index (χ0n) is 19.4. The second-order valence-electron chi connectivity index (χ2n) is 9.69. The van der Waals surface area contributed by atoms with Crippen LogP contribution in [0.1, 0.15) is 34.6 Å². The Morgan fingerprint density at radius 2 is 1.47 bits per heavy atom. The van der Waals surface area contributed by atoms with Crippen molar-refractivity contribution in [2.45, 2.75) is 52.2 Å². The molecule has 0 bridgehead atoms. The lowest BCUT2D eigenvalue weighted by atomic mass is 10.1. The van der Waals surface area contributed by atoms with E-state index in [0.717, 1.165) is 0 Å². The summed E-state index contributed by atoms with van der Waals surface area (Å²) in [5.74, 6) is 0.246. The van der Waals surface area contributed by atoms with Gasteiger partial charge in [0.25, 0.3) is 11.1 Å². The fourth-order valence-electron chi connectivity index (χ4n) is 4.29. The van der Waals surface area contributed by atoms with Crippen LogP contribution in [0.5, 0.6) is 0 Å². The number of hydrogen-bond acceptors (Lipinski definition) is 7. The van der Waals surface area contributed by atoms with Crippen molar-refractivity contribution in [1.29, 1.82) is 0 Å². The lowest BCUT2D eigenvalue weighted by Crippen LogP contribution is -2.53. The highest BCUT2D eigenvalue weighted by atomic mass is 16.1. The first-order valence-electron chi connectivity index (χ1n) is 10.2. The molecule has 0 saturated heterocycles. The summed E-state index contributed by atoms with van der Waals surface area (Å²) in [6.45, 7) is 9.78. The molecule has 0 aromatic carbocycles. The summed E-state index contributed by atoms with van der Waals surface area (Å²) in [5.41, 5.74) is 12.2. The van der Waals surface area contributed by atoms with Crippen LogP contribution in [0.2, 0.25) is 0 Å². The SMILES string of the molecule is Cn1ncc2nc(N)n(C(C)(C)C[n+]3cc4nc(N)n(C(C)(C)C)c(=O)c4n3C)c(=O)c21. The van der Waals surface area contributed by atoms with E-state index < -0.39 is 11.1 Å². The van der Waals surface area contributed by atoms with Gasteiger partial charge in [-0.25, -0.2) is 9.97 Å². The Morgan fingerprint density at radius 1 is 0.906 bits per heavy atom. The number of hydrogen-bond donors (Lipinski definition) is 2. The van der Waals surface area contributed by atoms with Crippen molar-refractivity contribution in [1.82, 2.24) is 33.6 Å². The molecule has 0 fully saturated rings. The number of aromatic nitrogens is 8. The van der Waals surface area contributed by atoms with Gasteiger partial charge in [-0.1, -0.05) is 0 Å². The first kappa shape index (κ1) is 21.5. The summed E-state index contributed by atoms with van der Waals surface area (Å²) < 4.78 is 7.98. The number of rotatable bonds is 3. The Bertz CT molecular complexity index is 1490. The molecular weight excluding hydrogens is 412 g/mol. The van der Waals surface area contributed by atoms with Crippen molar-refractivity contribution in [3.05, 3.63) is 33.1 Å². The average molecular weight is 442 g/mol. The predicted molar refractivity (Wildman–Crippen MR) is 121 cm³/mol. The highest BCUT2D eigenvalue weighted by Crippen LogP contribution is 2.21. The molecule has 0 spiro atoms. The van der Waals surface area contributed by atoms with Gasteiger partial charge >= 0.3 is 0 Å². The van der Waals surface area contributed by atoms with E-state index in [2.05, 4.69) is 15.1 Å². The van der Waals surface area contributed by atoms with E-state index in [9.17, 15) is 9.59 Å². The maximum atomic E-state index is 13.3. The Hall–Kier alpha value is -3.70. The van der Waals surface area contributed by atoms with Crippen LogP contribution in [0, 0.1) is 0 Å². The smallest absolute Gasteiger partial charge is 0.285 e. The van der Waals surface area contributed by atoms with Gasteiger partial charge in [0.2, 0.25) is 18.1 Å². The van der Waals surface area contributed by atoms with Gasteiger partial charge in [0.05, 0.1) is 13.2 Å². The van der Waals surface area contributed by atoms with E-state index in [0.29, 0.717) is 28.6 Å². The Labute approximate surface area is 183 Å². The number of nitrogen functional groups attached to an aromatic ring is 2. The van der Waals surface area contributed by atoms with Crippen molar-refractivity contribution in [2.24, 2.45) is 14.1 Å². The minimum absolute atomic E-state index is 0.0947. The molecule has 0 saturated carbocycles. The van der Waals surface area contributed by atoms with Crippen LogP contribution < -0.4 is 27.3 Å². The van der Waals surface area contributed by atoms with Gasteiger partial charge in [0, 0.05) is 12.6 Å². The van der Waals surface area contributed by atoms with Crippen molar-refractivity contribution >= 4 is 34.0 Å². The van der Waals surface area contributed by atoms with E-state index in [-0.39, 0.29) is 23.0 Å². The standard InChI is InChI=1S/C20H28N10O2/c1-19(2,3)29-16(32)14-12(25-17(29)21)9-28(27(14)7)10-20(4,5)30-15(31)13-11(24-18(30)22)8-23-26(13)6/h8-9H,10H2,1-7H3,(H3-,21,22,24,25,31,32)/p+1. The molecule has 12 heteroatoms. The Morgan fingerprint density at radius 3 is 2.09 bits per heavy atom. The van der Waals surface area contributed by atoms with Gasteiger partial charge in [-0.3, -0.25) is 23.4 Å². The van der Waals surface area contributed by atoms with E-state index >= 15 is 0 Å². The van der Waals surface area contributed by atoms with Crippen LogP contribution in [0.25, 0.3) is 22.1 Å². The number of nitrogens with two attached hydrogens (primary N) is 2. The summed E-state index contributed by atoms with van der Waals surface area (Å²) in [7, 11) is 3.47. The number of aryl methyl sites for hydroxylation is 2. The summed E-state index contributed by atoms with van der Waals surface area (Å²) >= 11 is 0. The van der Waals surface area contributed by atoms with Gasteiger partial charge in [-0.05, 0) is 34.6 Å². The van der Waals surface area contributed by atoms with Crippen LogP contribution >= 0.6 is 0 Å². The van der Waals surface area contributed by atoms with Crippen LogP contribution in [-0.4, -0.2) is 33.6 Å². The molecule has 0 atom stereocenters. The zero-order valence-corrected chi connectivity index (χ0v) is 19.4. The quantitative estimate of drug-likeness (QED) is 0.419. The fraction of sp³-hybridized carbons (Fsp3) is 0.500. The van der Waals surface area contributed by atoms with Crippen LogP contribution in [0.4, 0.5) is 11.9 Å². The first-order valence-corrected chi connectivity index (χ1v) is 10.2. The summed E-state index contributed by atoms with van der Waals surface area (Å²) in [4.78, 5) is 35.3. The number of nitrogens with zero attached hydrogens (tertiary/aromatic N) is 8. The van der Waals surface area contributed by atoms with Crippen LogP contribution in [-0.2, 0) is 31.7 Å². The van der Waals surface area contributed by atoms with Crippen molar-refractivity contribution in [2.75, 3.05) is 11.5 Å². The van der Waals surface area contributed by atoms with Crippen molar-refractivity contribution < 1.29 is 4.68 Å². The minimum atomic E-state index is -0.784. The molecule has 0 aliphatic rings. The molecule has 4 aromatic heterocycles. The van der Waals surface area contributed by atoms with Crippen molar-refractivity contribution in [3.8, 4) is 0 Å². The molecule has 4 rings (SSSR count). The molecule has 0 aliphatic carbocycles. The summed E-state index contributed by atoms with van der Waals surface area (Å²) in [6.07, 6.45) is 3.26. The lowest BCUT2D eigenvalue weighted by molar-refractivity contribution is -0.779. The first-order chi connectivity index (χ1) is 14.7. The maximum Gasteiger partial charge on any atom is 0.285 e. The van der Waals surface area contributed by atoms with E-state index in [1.54, 1.807) is 25.0 Å². The molecule has 0 amide bonds. The van der Waals surface area contributed by atoms with Crippen LogP contribution in [0.3, 0.4) is 0 Å². The third kappa shape index (κ3) is 3.05. The second kappa shape index (κ2) is 6.65. The largest absolute Gasteiger partial charge is 0.369 e. The van der Waals surface area contributed by atoms with E-state index in [4.69, 9.17) is 11.5 Å². The highest BCUT2D eigenvalue weighted by molar-refractivity contribution is 5.74. The van der Waals surface area contributed by atoms with Crippen LogP contribution in [0.15, 0.2) is 22.0 Å². The third-order valence-electron chi connectivity index (χ3n) is 5.71. The molecule has 0 radical (unpaired) electrons. The third-order valence-corrected chi connectivity index (χ3v) is 5.71. The van der Waals surface area contributed by atoms with Gasteiger partial charge in [0.15, 0.2) is 23.1 Å². The van der Waals surface area contributed by atoms with Gasteiger partial charge in [0.1, 0.15) is 11.1 Å². The predicted octanol–water partition coefficient (Wildman–Crippen LogP) is -0.179. The number of fused-ring (bicyclic) bond motifs is 2. The highest BCUT2D eigenvalue weighted by Gasteiger charge is 2.34. The molecule has 4 aromatic rings. The average Bonchev–Trinajstić information content (AvgIpc) is 3.13. The molecule has 4 N–H and O–H groups in total.